The number of anilines is 1. The van der Waals surface area contributed by atoms with Crippen LogP contribution in [-0.2, 0) is 14.3 Å². The molecule has 10 heteroatoms. The first-order valence-electron chi connectivity index (χ1n) is 8.39. The Morgan fingerprint density at radius 1 is 1.21 bits per heavy atom. The summed E-state index contributed by atoms with van der Waals surface area (Å²) in [5.74, 6) is -3.40. The summed E-state index contributed by atoms with van der Waals surface area (Å²) in [5.41, 5.74) is 6.39. The monoisotopic (exact) mass is 469 g/mol. The number of carbonyl (C=O) groups is 3. The highest BCUT2D eigenvalue weighted by atomic mass is 79.9. The summed E-state index contributed by atoms with van der Waals surface area (Å²) < 4.78 is 31.7. The van der Waals surface area contributed by atoms with Gasteiger partial charge in [-0.3, -0.25) is 9.59 Å². The first-order chi connectivity index (χ1) is 13.7. The molecule has 0 fully saturated rings. The van der Waals surface area contributed by atoms with Gasteiger partial charge in [0.1, 0.15) is 5.82 Å². The molecule has 2 aromatic rings. The van der Waals surface area contributed by atoms with Gasteiger partial charge in [0.25, 0.3) is 5.91 Å². The minimum atomic E-state index is -0.984. The lowest BCUT2D eigenvalue weighted by Crippen LogP contribution is -2.35. The van der Waals surface area contributed by atoms with E-state index in [1.165, 1.54) is 0 Å². The molecule has 1 atom stereocenters. The molecule has 0 saturated carbocycles. The molecule has 0 bridgehead atoms. The van der Waals surface area contributed by atoms with Gasteiger partial charge in [-0.15, -0.1) is 0 Å². The fourth-order valence-corrected chi connectivity index (χ4v) is 3.10. The minimum Gasteiger partial charge on any atom is -0.455 e. The van der Waals surface area contributed by atoms with Crippen molar-refractivity contribution < 1.29 is 27.9 Å². The van der Waals surface area contributed by atoms with Crippen molar-refractivity contribution in [3.8, 4) is 0 Å². The van der Waals surface area contributed by atoms with Crippen LogP contribution in [0.15, 0.2) is 40.9 Å². The Bertz CT molecular complexity index is 916. The summed E-state index contributed by atoms with van der Waals surface area (Å²) in [6.07, 6.45) is -0.268. The Kier molecular flexibility index (Phi) is 7.66. The van der Waals surface area contributed by atoms with Crippen LogP contribution in [0, 0.1) is 18.6 Å². The van der Waals surface area contributed by atoms with Crippen LogP contribution in [0.2, 0.25) is 0 Å². The molecular formula is C19H18BrF2N3O4. The number of urea groups is 1. The highest BCUT2D eigenvalue weighted by Crippen LogP contribution is 2.27. The quantitative estimate of drug-likeness (QED) is 0.540. The number of ether oxygens (including phenoxy) is 1. The predicted molar refractivity (Wildman–Crippen MR) is 105 cm³/mol. The first-order valence-corrected chi connectivity index (χ1v) is 9.18. The zero-order valence-electron chi connectivity index (χ0n) is 15.3. The van der Waals surface area contributed by atoms with E-state index in [-0.39, 0.29) is 16.6 Å². The van der Waals surface area contributed by atoms with Crippen molar-refractivity contribution in [3.05, 3.63) is 63.6 Å². The third-order valence-electron chi connectivity index (χ3n) is 3.89. The lowest BCUT2D eigenvalue weighted by Gasteiger charge is -2.19. The maximum absolute atomic E-state index is 13.7. The Morgan fingerprint density at radius 2 is 1.90 bits per heavy atom. The highest BCUT2D eigenvalue weighted by Gasteiger charge is 2.21. The standard InChI is InChI=1S/C19H18BrF2N3O4/c1-10-4-2-3-5-12(10)15(24-19(23)28)8-17(27)29-9-16(26)25-18-13(20)6-11(21)7-14(18)22/h2-7,15H,8-9H2,1H3,(H,25,26)(H3,23,24,28). The number of nitrogens with one attached hydrogen (secondary N) is 2. The zero-order chi connectivity index (χ0) is 21.6. The fourth-order valence-electron chi connectivity index (χ4n) is 2.60. The molecule has 0 heterocycles. The second-order valence-corrected chi connectivity index (χ2v) is 6.93. The molecule has 154 valence electrons. The van der Waals surface area contributed by atoms with E-state index < -0.39 is 42.2 Å². The van der Waals surface area contributed by atoms with E-state index in [9.17, 15) is 23.2 Å². The predicted octanol–water partition coefficient (Wildman–Crippen LogP) is 3.32. The Morgan fingerprint density at radius 3 is 2.52 bits per heavy atom. The maximum atomic E-state index is 13.7. The van der Waals surface area contributed by atoms with E-state index in [0.29, 0.717) is 11.6 Å². The number of nitrogens with two attached hydrogens (primary N) is 1. The molecule has 0 radical (unpaired) electrons. The van der Waals surface area contributed by atoms with Crippen molar-refractivity contribution in [1.82, 2.24) is 5.32 Å². The second-order valence-electron chi connectivity index (χ2n) is 6.08. The van der Waals surface area contributed by atoms with Crippen molar-refractivity contribution in [2.75, 3.05) is 11.9 Å². The number of carbonyl (C=O) groups excluding carboxylic acids is 3. The molecule has 0 spiro atoms. The molecule has 0 saturated heterocycles. The Labute approximate surface area is 173 Å². The van der Waals surface area contributed by atoms with Crippen LogP contribution in [0.4, 0.5) is 19.3 Å². The zero-order valence-corrected chi connectivity index (χ0v) is 16.9. The second kappa shape index (κ2) is 9.97. The van der Waals surface area contributed by atoms with Gasteiger partial charge in [-0.1, -0.05) is 24.3 Å². The van der Waals surface area contributed by atoms with Crippen molar-refractivity contribution in [1.29, 1.82) is 0 Å². The highest BCUT2D eigenvalue weighted by molar-refractivity contribution is 9.10. The van der Waals surface area contributed by atoms with Gasteiger partial charge >= 0.3 is 12.0 Å². The molecule has 2 rings (SSSR count). The number of halogens is 3. The average molecular weight is 470 g/mol. The molecule has 1 unspecified atom stereocenters. The summed E-state index contributed by atoms with van der Waals surface area (Å²) in [7, 11) is 0. The average Bonchev–Trinajstić information content (AvgIpc) is 2.62. The number of hydrogen-bond donors (Lipinski definition) is 3. The van der Waals surface area contributed by atoms with Crippen molar-refractivity contribution >= 4 is 39.5 Å². The molecule has 3 amide bonds. The molecule has 4 N–H and O–H groups in total. The Hall–Kier alpha value is -3.01. The number of primary amides is 1. The maximum Gasteiger partial charge on any atom is 0.312 e. The number of benzene rings is 2. The fraction of sp³-hybridized carbons (Fsp3) is 0.211. The molecule has 0 aliphatic rings. The normalized spacial score (nSPS) is 11.4. The molecule has 0 aliphatic heterocycles. The number of amides is 3. The SMILES string of the molecule is Cc1ccccc1C(CC(=O)OCC(=O)Nc1c(F)cc(F)cc1Br)NC(N)=O. The number of hydrogen-bond acceptors (Lipinski definition) is 4. The molecule has 7 nitrogen and oxygen atoms in total. The van der Waals surface area contributed by atoms with E-state index in [1.54, 1.807) is 31.2 Å². The van der Waals surface area contributed by atoms with Crippen LogP contribution in [0.25, 0.3) is 0 Å². The van der Waals surface area contributed by atoms with Gasteiger partial charge in [-0.25, -0.2) is 13.6 Å². The largest absolute Gasteiger partial charge is 0.455 e. The Balaban J connectivity index is 1.97. The van der Waals surface area contributed by atoms with Gasteiger partial charge in [-0.2, -0.15) is 0 Å². The van der Waals surface area contributed by atoms with E-state index in [1.807, 2.05) is 0 Å². The van der Waals surface area contributed by atoms with Crippen molar-refractivity contribution in [2.24, 2.45) is 5.73 Å². The van der Waals surface area contributed by atoms with Gasteiger partial charge < -0.3 is 21.1 Å². The summed E-state index contributed by atoms with van der Waals surface area (Å²) in [4.78, 5) is 35.3. The summed E-state index contributed by atoms with van der Waals surface area (Å²) in [6.45, 7) is 1.11. The van der Waals surface area contributed by atoms with Crippen LogP contribution >= 0.6 is 15.9 Å². The first kappa shape index (κ1) is 22.3. The molecule has 29 heavy (non-hydrogen) atoms. The van der Waals surface area contributed by atoms with E-state index in [4.69, 9.17) is 10.5 Å². The van der Waals surface area contributed by atoms with E-state index in [2.05, 4.69) is 26.6 Å². The molecule has 0 aliphatic carbocycles. The van der Waals surface area contributed by atoms with Gasteiger partial charge in [0.05, 0.1) is 18.2 Å². The van der Waals surface area contributed by atoms with Gasteiger partial charge in [0, 0.05) is 10.5 Å². The topological polar surface area (TPSA) is 111 Å². The van der Waals surface area contributed by atoms with Crippen molar-refractivity contribution in [2.45, 2.75) is 19.4 Å². The van der Waals surface area contributed by atoms with Gasteiger partial charge in [0.15, 0.2) is 12.4 Å². The third-order valence-corrected chi connectivity index (χ3v) is 4.51. The van der Waals surface area contributed by atoms with Crippen LogP contribution in [0.5, 0.6) is 0 Å². The van der Waals surface area contributed by atoms with E-state index in [0.717, 1.165) is 11.6 Å². The van der Waals surface area contributed by atoms with Gasteiger partial charge in [0.2, 0.25) is 0 Å². The number of esters is 1. The number of aryl methyl sites for hydroxylation is 1. The van der Waals surface area contributed by atoms with Crippen LogP contribution < -0.4 is 16.4 Å². The minimum absolute atomic E-state index is 0.0000449. The summed E-state index contributed by atoms with van der Waals surface area (Å²) in [5, 5.41) is 4.65. The van der Waals surface area contributed by atoms with Gasteiger partial charge in [-0.05, 0) is 40.0 Å². The molecule has 2 aromatic carbocycles. The van der Waals surface area contributed by atoms with Crippen LogP contribution in [0.1, 0.15) is 23.6 Å². The lowest BCUT2D eigenvalue weighted by molar-refractivity contribution is -0.147. The summed E-state index contributed by atoms with van der Waals surface area (Å²) >= 11 is 2.94. The molecule has 0 aromatic heterocycles. The number of rotatable bonds is 7. The molecular weight excluding hydrogens is 452 g/mol. The van der Waals surface area contributed by atoms with Crippen molar-refractivity contribution in [3.63, 3.8) is 0 Å². The smallest absolute Gasteiger partial charge is 0.312 e. The van der Waals surface area contributed by atoms with E-state index >= 15 is 0 Å². The van der Waals surface area contributed by atoms with Crippen LogP contribution in [-0.4, -0.2) is 24.5 Å². The third kappa shape index (κ3) is 6.53. The van der Waals surface area contributed by atoms with Crippen LogP contribution in [0.3, 0.4) is 0 Å². The lowest BCUT2D eigenvalue weighted by atomic mass is 9.99. The summed E-state index contributed by atoms with van der Waals surface area (Å²) in [6, 6.07) is 7.10.